The molecule has 3 aromatic rings. The van der Waals surface area contributed by atoms with Crippen molar-refractivity contribution in [2.45, 2.75) is 26.1 Å². The molecule has 0 aliphatic rings. The van der Waals surface area contributed by atoms with Crippen molar-refractivity contribution in [3.63, 3.8) is 0 Å². The first kappa shape index (κ1) is 18.9. The minimum absolute atomic E-state index is 0.211. The van der Waals surface area contributed by atoms with Crippen molar-refractivity contribution >= 4 is 0 Å². The molecule has 0 aromatic heterocycles. The Morgan fingerprint density at radius 2 is 1.67 bits per heavy atom. The zero-order valence-corrected chi connectivity index (χ0v) is 15.6. The van der Waals surface area contributed by atoms with Crippen LogP contribution >= 0.6 is 0 Å². The van der Waals surface area contributed by atoms with Crippen molar-refractivity contribution in [3.05, 3.63) is 95.3 Å². The number of nitrogens with one attached hydrogen (secondary N) is 1. The van der Waals surface area contributed by atoms with E-state index in [9.17, 15) is 4.39 Å². The van der Waals surface area contributed by atoms with E-state index >= 15 is 0 Å². The summed E-state index contributed by atoms with van der Waals surface area (Å²) in [6.07, 6.45) is 0. The molecule has 1 unspecified atom stereocenters. The lowest BCUT2D eigenvalue weighted by Gasteiger charge is -2.18. The van der Waals surface area contributed by atoms with Crippen LogP contribution in [0, 0.1) is 5.82 Å². The van der Waals surface area contributed by atoms with E-state index in [2.05, 4.69) is 24.4 Å². The minimum Gasteiger partial charge on any atom is -0.493 e. The lowest BCUT2D eigenvalue weighted by Crippen LogP contribution is -2.18. The first-order valence-electron chi connectivity index (χ1n) is 8.99. The Hall–Kier alpha value is -2.85. The molecule has 1 N–H and O–H groups in total. The fourth-order valence-corrected chi connectivity index (χ4v) is 2.88. The van der Waals surface area contributed by atoms with Crippen LogP contribution in [0.25, 0.3) is 0 Å². The molecule has 1 atom stereocenters. The van der Waals surface area contributed by atoms with Crippen LogP contribution in [0.5, 0.6) is 11.5 Å². The van der Waals surface area contributed by atoms with Crippen LogP contribution in [0.1, 0.15) is 29.7 Å². The zero-order chi connectivity index (χ0) is 19.1. The summed E-state index contributed by atoms with van der Waals surface area (Å²) >= 11 is 0. The Kier molecular flexibility index (Phi) is 6.44. The van der Waals surface area contributed by atoms with Gasteiger partial charge in [0.05, 0.1) is 7.11 Å². The molecule has 140 valence electrons. The van der Waals surface area contributed by atoms with Crippen LogP contribution < -0.4 is 14.8 Å². The van der Waals surface area contributed by atoms with Crippen molar-refractivity contribution in [2.24, 2.45) is 0 Å². The van der Waals surface area contributed by atoms with E-state index in [0.29, 0.717) is 24.7 Å². The first-order chi connectivity index (χ1) is 13.2. The zero-order valence-electron chi connectivity index (χ0n) is 15.6. The predicted octanol–water partition coefficient (Wildman–Crippen LogP) is 5.26. The molecule has 0 aliphatic heterocycles. The van der Waals surface area contributed by atoms with Gasteiger partial charge in [-0.15, -0.1) is 0 Å². The number of hydrogen-bond acceptors (Lipinski definition) is 3. The molecule has 0 radical (unpaired) electrons. The standard InChI is InChI=1S/C23H24FNO2/c1-17(19-7-4-3-5-8-19)25-15-20-9-6-10-22(26-2)23(20)27-16-18-11-13-21(24)14-12-18/h3-14,17,25H,15-16H2,1-2H3. The Balaban J connectivity index is 1.71. The average Bonchev–Trinajstić information content (AvgIpc) is 2.72. The summed E-state index contributed by atoms with van der Waals surface area (Å²) in [6.45, 7) is 3.13. The van der Waals surface area contributed by atoms with Crippen molar-refractivity contribution in [2.75, 3.05) is 7.11 Å². The van der Waals surface area contributed by atoms with E-state index in [-0.39, 0.29) is 11.9 Å². The quantitative estimate of drug-likeness (QED) is 0.590. The van der Waals surface area contributed by atoms with Crippen LogP contribution in [0.4, 0.5) is 4.39 Å². The van der Waals surface area contributed by atoms with Gasteiger partial charge in [-0.1, -0.05) is 54.6 Å². The third-order valence-electron chi connectivity index (χ3n) is 4.48. The maximum absolute atomic E-state index is 13.1. The summed E-state index contributed by atoms with van der Waals surface area (Å²) in [5, 5.41) is 3.53. The lowest BCUT2D eigenvalue weighted by molar-refractivity contribution is 0.280. The van der Waals surface area contributed by atoms with Gasteiger partial charge in [0.15, 0.2) is 11.5 Å². The smallest absolute Gasteiger partial charge is 0.166 e. The van der Waals surface area contributed by atoms with E-state index in [4.69, 9.17) is 9.47 Å². The molecule has 0 amide bonds. The molecule has 0 bridgehead atoms. The maximum Gasteiger partial charge on any atom is 0.166 e. The largest absolute Gasteiger partial charge is 0.493 e. The van der Waals surface area contributed by atoms with Crippen LogP contribution in [0.15, 0.2) is 72.8 Å². The maximum atomic E-state index is 13.1. The molecule has 0 spiro atoms. The van der Waals surface area contributed by atoms with Gasteiger partial charge < -0.3 is 14.8 Å². The van der Waals surface area contributed by atoms with E-state index in [1.165, 1.54) is 17.7 Å². The van der Waals surface area contributed by atoms with Gasteiger partial charge in [0, 0.05) is 18.2 Å². The average molecular weight is 365 g/mol. The Bertz CT molecular complexity index is 850. The summed E-state index contributed by atoms with van der Waals surface area (Å²) in [6, 6.07) is 22.7. The van der Waals surface area contributed by atoms with Gasteiger partial charge in [0.25, 0.3) is 0 Å². The van der Waals surface area contributed by atoms with E-state index in [1.54, 1.807) is 19.2 Å². The van der Waals surface area contributed by atoms with Crippen molar-refractivity contribution < 1.29 is 13.9 Å². The molecule has 0 fully saturated rings. The third-order valence-corrected chi connectivity index (χ3v) is 4.48. The van der Waals surface area contributed by atoms with Gasteiger partial charge in [-0.3, -0.25) is 0 Å². The highest BCUT2D eigenvalue weighted by Crippen LogP contribution is 2.32. The normalized spacial score (nSPS) is 11.8. The molecule has 27 heavy (non-hydrogen) atoms. The molecular weight excluding hydrogens is 341 g/mol. The second kappa shape index (κ2) is 9.19. The van der Waals surface area contributed by atoms with Crippen molar-refractivity contribution in [1.82, 2.24) is 5.32 Å². The third kappa shape index (κ3) is 5.08. The highest BCUT2D eigenvalue weighted by molar-refractivity contribution is 5.46. The predicted molar refractivity (Wildman–Crippen MR) is 105 cm³/mol. The summed E-state index contributed by atoms with van der Waals surface area (Å²) in [5.74, 6) is 1.14. The Morgan fingerprint density at radius 3 is 2.37 bits per heavy atom. The molecule has 0 saturated carbocycles. The van der Waals surface area contributed by atoms with Crippen LogP contribution in [0.3, 0.4) is 0 Å². The van der Waals surface area contributed by atoms with E-state index in [0.717, 1.165) is 11.1 Å². The Morgan fingerprint density at radius 1 is 0.926 bits per heavy atom. The van der Waals surface area contributed by atoms with Crippen LogP contribution in [-0.2, 0) is 13.2 Å². The number of para-hydroxylation sites is 1. The molecule has 3 rings (SSSR count). The topological polar surface area (TPSA) is 30.5 Å². The van der Waals surface area contributed by atoms with Gasteiger partial charge in [0.2, 0.25) is 0 Å². The van der Waals surface area contributed by atoms with Gasteiger partial charge >= 0.3 is 0 Å². The van der Waals surface area contributed by atoms with Crippen molar-refractivity contribution in [3.8, 4) is 11.5 Å². The van der Waals surface area contributed by atoms with Gasteiger partial charge in [0.1, 0.15) is 12.4 Å². The summed E-state index contributed by atoms with van der Waals surface area (Å²) in [7, 11) is 1.63. The molecular formula is C23H24FNO2. The van der Waals surface area contributed by atoms with Crippen molar-refractivity contribution in [1.29, 1.82) is 0 Å². The fraction of sp³-hybridized carbons (Fsp3) is 0.217. The second-order valence-corrected chi connectivity index (χ2v) is 6.38. The highest BCUT2D eigenvalue weighted by atomic mass is 19.1. The number of rotatable bonds is 8. The number of methoxy groups -OCH3 is 1. The molecule has 0 aliphatic carbocycles. The van der Waals surface area contributed by atoms with Crippen LogP contribution in [0.2, 0.25) is 0 Å². The number of hydrogen-bond donors (Lipinski definition) is 1. The van der Waals surface area contributed by atoms with E-state index < -0.39 is 0 Å². The number of ether oxygens (including phenoxy) is 2. The number of benzene rings is 3. The summed E-state index contributed by atoms with van der Waals surface area (Å²) < 4.78 is 24.6. The molecule has 0 heterocycles. The molecule has 4 heteroatoms. The summed E-state index contributed by atoms with van der Waals surface area (Å²) in [5.41, 5.74) is 3.15. The van der Waals surface area contributed by atoms with Gasteiger partial charge in [-0.25, -0.2) is 4.39 Å². The van der Waals surface area contributed by atoms with E-state index in [1.807, 2.05) is 36.4 Å². The van der Waals surface area contributed by atoms with Gasteiger partial charge in [-0.2, -0.15) is 0 Å². The monoisotopic (exact) mass is 365 g/mol. The van der Waals surface area contributed by atoms with Crippen LogP contribution in [-0.4, -0.2) is 7.11 Å². The molecule has 3 aromatic carbocycles. The van der Waals surface area contributed by atoms with Gasteiger partial charge in [-0.05, 0) is 36.2 Å². The summed E-state index contributed by atoms with van der Waals surface area (Å²) in [4.78, 5) is 0. The number of halogens is 1. The minimum atomic E-state index is -0.254. The Labute approximate surface area is 159 Å². The first-order valence-corrected chi connectivity index (χ1v) is 8.99. The lowest BCUT2D eigenvalue weighted by atomic mass is 10.1. The second-order valence-electron chi connectivity index (χ2n) is 6.38. The SMILES string of the molecule is COc1cccc(CNC(C)c2ccccc2)c1OCc1ccc(F)cc1. The fourth-order valence-electron chi connectivity index (χ4n) is 2.88. The highest BCUT2D eigenvalue weighted by Gasteiger charge is 2.12. The molecule has 0 saturated heterocycles. The molecule has 3 nitrogen and oxygen atoms in total.